The van der Waals surface area contributed by atoms with Gasteiger partial charge >= 0.3 is 11.3 Å². The van der Waals surface area contributed by atoms with Gasteiger partial charge in [0.1, 0.15) is 0 Å². The van der Waals surface area contributed by atoms with E-state index in [0.29, 0.717) is 10.9 Å². The maximum Gasteiger partial charge on any atom is 0.325 e. The summed E-state index contributed by atoms with van der Waals surface area (Å²) in [5.74, 6) is 1.32. The molecule has 1 atom stereocenters. The number of aromatic amines is 1. The molecule has 1 aliphatic rings. The van der Waals surface area contributed by atoms with E-state index in [2.05, 4.69) is 17.2 Å². The Morgan fingerprint density at radius 1 is 1.20 bits per heavy atom. The van der Waals surface area contributed by atoms with Gasteiger partial charge in [-0.25, -0.2) is 0 Å². The largest absolute Gasteiger partial charge is 0.502 e. The normalized spacial score (nSPS) is 14.4. The number of methoxy groups -OCH3 is 2. The maximum atomic E-state index is 13.0. The highest BCUT2D eigenvalue weighted by molar-refractivity contribution is 7.99. The topological polar surface area (TPSA) is 100 Å². The summed E-state index contributed by atoms with van der Waals surface area (Å²) < 4.78 is 12.3. The average Bonchev–Trinajstić information content (AvgIpc) is 2.77. The Morgan fingerprint density at radius 3 is 2.57 bits per heavy atom. The smallest absolute Gasteiger partial charge is 0.325 e. The first-order valence-corrected chi connectivity index (χ1v) is 10.6. The van der Waals surface area contributed by atoms with Crippen LogP contribution in [0.15, 0.2) is 46.3 Å². The van der Waals surface area contributed by atoms with Crippen molar-refractivity contribution in [3.63, 3.8) is 0 Å². The van der Waals surface area contributed by atoms with Crippen LogP contribution in [-0.4, -0.2) is 35.2 Å². The number of aromatic nitrogens is 3. The summed E-state index contributed by atoms with van der Waals surface area (Å²) in [5, 5.41) is 19.0. The number of benzene rings is 2. The Balaban J connectivity index is 1.94. The van der Waals surface area contributed by atoms with E-state index in [9.17, 15) is 9.90 Å². The van der Waals surface area contributed by atoms with E-state index in [1.54, 1.807) is 16.8 Å². The fourth-order valence-corrected chi connectivity index (χ4v) is 4.16. The summed E-state index contributed by atoms with van der Waals surface area (Å²) in [6.07, 6.45) is 0.467. The number of anilines is 1. The van der Waals surface area contributed by atoms with E-state index in [-0.39, 0.29) is 22.8 Å². The van der Waals surface area contributed by atoms with E-state index < -0.39 is 6.17 Å². The second-order valence-corrected chi connectivity index (χ2v) is 7.85. The van der Waals surface area contributed by atoms with Crippen molar-refractivity contribution < 1.29 is 19.3 Å². The molecular formula is C21H23N4O4S+. The van der Waals surface area contributed by atoms with Gasteiger partial charge < -0.3 is 19.9 Å². The number of hydrogen-bond donors (Lipinski definition) is 3. The van der Waals surface area contributed by atoms with Gasteiger partial charge in [-0.15, -0.1) is 0 Å². The highest BCUT2D eigenvalue weighted by Crippen LogP contribution is 2.40. The van der Waals surface area contributed by atoms with Crippen LogP contribution in [0.1, 0.15) is 25.1 Å². The lowest BCUT2D eigenvalue weighted by Gasteiger charge is -2.23. The number of nitrogens with zero attached hydrogens (tertiary/aromatic N) is 2. The number of ether oxygens (including phenoxy) is 2. The van der Waals surface area contributed by atoms with Crippen LogP contribution in [0.3, 0.4) is 0 Å². The van der Waals surface area contributed by atoms with Crippen LogP contribution in [0, 0.1) is 0 Å². The zero-order valence-electron chi connectivity index (χ0n) is 16.9. The number of fused-ring (bicyclic) bond motifs is 3. The summed E-state index contributed by atoms with van der Waals surface area (Å²) in [6.45, 7) is 2.08. The molecule has 30 heavy (non-hydrogen) atoms. The lowest BCUT2D eigenvalue weighted by atomic mass is 10.0. The molecule has 156 valence electrons. The van der Waals surface area contributed by atoms with Crippen molar-refractivity contribution in [3.8, 4) is 28.5 Å². The number of H-pyrrole nitrogens is 1. The summed E-state index contributed by atoms with van der Waals surface area (Å²) in [5.41, 5.74) is 2.57. The molecule has 0 aliphatic carbocycles. The Bertz CT molecular complexity index is 1120. The lowest BCUT2D eigenvalue weighted by Crippen LogP contribution is -2.55. The van der Waals surface area contributed by atoms with Gasteiger partial charge in [0, 0.05) is 10.9 Å². The first-order chi connectivity index (χ1) is 14.6. The van der Waals surface area contributed by atoms with Crippen molar-refractivity contribution in [1.29, 1.82) is 0 Å². The number of thioether (sulfide) groups is 1. The summed E-state index contributed by atoms with van der Waals surface area (Å²) >= 11 is 1.50. The molecule has 3 N–H and O–H groups in total. The molecule has 0 amide bonds. The molecule has 8 nitrogen and oxygen atoms in total. The third kappa shape index (κ3) is 3.45. The zero-order valence-corrected chi connectivity index (χ0v) is 17.7. The molecule has 0 unspecified atom stereocenters. The Morgan fingerprint density at radius 2 is 1.90 bits per heavy atom. The predicted molar refractivity (Wildman–Crippen MR) is 114 cm³/mol. The first kappa shape index (κ1) is 20.1. The van der Waals surface area contributed by atoms with Crippen molar-refractivity contribution >= 4 is 17.4 Å². The van der Waals surface area contributed by atoms with Crippen molar-refractivity contribution in [3.05, 3.63) is 52.3 Å². The van der Waals surface area contributed by atoms with Gasteiger partial charge in [0.05, 0.1) is 31.0 Å². The number of nitrogens with one attached hydrogen (secondary N) is 2. The molecule has 9 heteroatoms. The molecule has 0 radical (unpaired) electrons. The molecule has 0 spiro atoms. The maximum absolute atomic E-state index is 13.0. The van der Waals surface area contributed by atoms with Gasteiger partial charge in [-0.1, -0.05) is 30.8 Å². The van der Waals surface area contributed by atoms with E-state index in [4.69, 9.17) is 14.6 Å². The molecule has 2 aromatic carbocycles. The van der Waals surface area contributed by atoms with Gasteiger partial charge in [-0.3, -0.25) is 9.78 Å². The molecule has 0 saturated heterocycles. The summed E-state index contributed by atoms with van der Waals surface area (Å²) in [4.78, 5) is 15.9. The van der Waals surface area contributed by atoms with Crippen LogP contribution in [0.4, 0.5) is 5.69 Å². The van der Waals surface area contributed by atoms with Crippen LogP contribution in [0.25, 0.3) is 11.3 Å². The number of phenolic OH excluding ortho intramolecular Hbond substituents is 1. The molecule has 0 bridgehead atoms. The second-order valence-electron chi connectivity index (χ2n) is 6.77. The molecular weight excluding hydrogens is 404 g/mol. The molecule has 3 aromatic rings. The predicted octanol–water partition coefficient (Wildman–Crippen LogP) is 2.92. The Kier molecular flexibility index (Phi) is 5.54. The number of phenols is 1. The molecule has 1 aromatic heterocycles. The summed E-state index contributed by atoms with van der Waals surface area (Å²) in [6, 6.07) is 11.0. The minimum atomic E-state index is -0.499. The highest BCUT2D eigenvalue weighted by Gasteiger charge is 2.38. The van der Waals surface area contributed by atoms with Crippen LogP contribution in [0.2, 0.25) is 0 Å². The number of para-hydroxylation sites is 1. The third-order valence-corrected chi connectivity index (χ3v) is 5.91. The van der Waals surface area contributed by atoms with E-state index in [1.807, 2.05) is 24.3 Å². The number of hydrogen-bond acceptors (Lipinski definition) is 7. The van der Waals surface area contributed by atoms with E-state index in [0.717, 1.165) is 29.0 Å². The molecule has 0 fully saturated rings. The highest BCUT2D eigenvalue weighted by atomic mass is 32.2. The van der Waals surface area contributed by atoms with Crippen LogP contribution >= 0.6 is 11.8 Å². The number of rotatable bonds is 6. The van der Waals surface area contributed by atoms with Gasteiger partial charge in [-0.05, 0) is 35.4 Å². The van der Waals surface area contributed by atoms with Gasteiger partial charge in [-0.2, -0.15) is 0 Å². The second kappa shape index (κ2) is 8.27. The molecule has 2 heterocycles. The lowest BCUT2D eigenvalue weighted by molar-refractivity contribution is -0.759. The van der Waals surface area contributed by atoms with Crippen molar-refractivity contribution in [2.24, 2.45) is 0 Å². The average molecular weight is 428 g/mol. The van der Waals surface area contributed by atoms with Gasteiger partial charge in [0.25, 0.3) is 6.17 Å². The minimum Gasteiger partial charge on any atom is -0.502 e. The van der Waals surface area contributed by atoms with Gasteiger partial charge in [0.15, 0.2) is 11.5 Å². The number of aromatic hydroxyl groups is 1. The molecule has 0 saturated carbocycles. The fourth-order valence-electron chi connectivity index (χ4n) is 3.45. The van der Waals surface area contributed by atoms with Gasteiger partial charge in [0.2, 0.25) is 10.9 Å². The summed E-state index contributed by atoms with van der Waals surface area (Å²) in [7, 11) is 2.96. The fraction of sp³-hybridized carbons (Fsp3) is 0.286. The SMILES string of the molecule is CCCSc1n[n+]2c(c(=O)[nH]1)-c1ccccc1N[C@H]2c1cc(OC)c(O)c(OC)c1. The Hall–Kier alpha value is -3.20. The standard InChI is InChI=1S/C21H22N4O4S/c1-4-9-30-21-23-20(27)17-13-7-5-6-8-14(13)22-19(25(17)24-21)12-10-15(28-2)18(26)16(11-12)29-3/h5-8,10-11,19H,4,9H2,1-3H3,(H2,23,24,26,27)/p+1/t19-/m1/s1. The molecule has 1 aliphatic heterocycles. The zero-order chi connectivity index (χ0) is 21.3. The van der Waals surface area contributed by atoms with Crippen molar-refractivity contribution in [2.45, 2.75) is 24.7 Å². The van der Waals surface area contributed by atoms with Crippen LogP contribution in [-0.2, 0) is 0 Å². The van der Waals surface area contributed by atoms with Crippen LogP contribution < -0.4 is 25.0 Å². The first-order valence-electron chi connectivity index (χ1n) is 9.57. The third-order valence-electron chi connectivity index (χ3n) is 4.84. The molecule has 4 rings (SSSR count). The van der Waals surface area contributed by atoms with E-state index >= 15 is 0 Å². The van der Waals surface area contributed by atoms with Crippen LogP contribution in [0.5, 0.6) is 17.2 Å². The van der Waals surface area contributed by atoms with Crippen molar-refractivity contribution in [2.75, 3.05) is 25.3 Å². The quantitative estimate of drug-likeness (QED) is 0.411. The van der Waals surface area contributed by atoms with Crippen molar-refractivity contribution in [1.82, 2.24) is 10.1 Å². The monoisotopic (exact) mass is 427 g/mol. The van der Waals surface area contributed by atoms with E-state index in [1.165, 1.54) is 26.0 Å². The Labute approximate surface area is 177 Å². The minimum absolute atomic E-state index is 0.0803.